The van der Waals surface area contributed by atoms with E-state index in [1.165, 1.54) is 10.6 Å². The molecular formula is C12H11NO2. The van der Waals surface area contributed by atoms with Crippen LogP contribution in [-0.4, -0.2) is 9.67 Å². The van der Waals surface area contributed by atoms with Crippen LogP contribution in [0.4, 0.5) is 0 Å². The van der Waals surface area contributed by atoms with Gasteiger partial charge in [-0.25, -0.2) is 0 Å². The van der Waals surface area contributed by atoms with Crippen LogP contribution in [0.25, 0.3) is 11.3 Å². The van der Waals surface area contributed by atoms with Crippen LogP contribution < -0.4 is 5.56 Å². The third-order valence-electron chi connectivity index (χ3n) is 2.35. The van der Waals surface area contributed by atoms with Crippen molar-refractivity contribution in [1.29, 1.82) is 0 Å². The second-order valence-electron chi connectivity index (χ2n) is 3.33. The van der Waals surface area contributed by atoms with Crippen LogP contribution in [0, 0.1) is 0 Å². The van der Waals surface area contributed by atoms with Gasteiger partial charge in [-0.15, -0.1) is 0 Å². The number of aromatic nitrogens is 1. The number of hydrogen-bond donors (Lipinski definition) is 1. The highest BCUT2D eigenvalue weighted by molar-refractivity contribution is 5.59. The summed E-state index contributed by atoms with van der Waals surface area (Å²) >= 11 is 0. The standard InChI is InChI=1S/C12H11NO2/c1-13-10(7-8-11(14)12(13)15)9-5-3-2-4-6-9/h2-8,14H,1H3. The minimum Gasteiger partial charge on any atom is -0.503 e. The van der Waals surface area contributed by atoms with Crippen molar-refractivity contribution in [1.82, 2.24) is 4.57 Å². The monoisotopic (exact) mass is 201 g/mol. The van der Waals surface area contributed by atoms with E-state index in [2.05, 4.69) is 0 Å². The minimum atomic E-state index is -0.378. The average Bonchev–Trinajstić information content (AvgIpc) is 2.27. The van der Waals surface area contributed by atoms with Crippen molar-refractivity contribution in [3.05, 3.63) is 52.8 Å². The molecule has 0 amide bonds. The van der Waals surface area contributed by atoms with Gasteiger partial charge in [0.2, 0.25) is 0 Å². The Morgan fingerprint density at radius 3 is 2.40 bits per heavy atom. The fourth-order valence-corrected chi connectivity index (χ4v) is 1.52. The third-order valence-corrected chi connectivity index (χ3v) is 2.35. The molecular weight excluding hydrogens is 190 g/mol. The summed E-state index contributed by atoms with van der Waals surface area (Å²) in [5.41, 5.74) is 1.37. The van der Waals surface area contributed by atoms with E-state index in [1.54, 1.807) is 13.1 Å². The molecule has 0 aliphatic rings. The van der Waals surface area contributed by atoms with Crippen molar-refractivity contribution in [2.45, 2.75) is 0 Å². The molecule has 0 bridgehead atoms. The molecule has 1 heterocycles. The Morgan fingerprint density at radius 2 is 1.73 bits per heavy atom. The van der Waals surface area contributed by atoms with Gasteiger partial charge in [-0.3, -0.25) is 4.79 Å². The number of nitrogens with zero attached hydrogens (tertiary/aromatic N) is 1. The van der Waals surface area contributed by atoms with Crippen molar-refractivity contribution in [2.75, 3.05) is 0 Å². The first-order valence-electron chi connectivity index (χ1n) is 4.64. The Morgan fingerprint density at radius 1 is 1.07 bits per heavy atom. The summed E-state index contributed by atoms with van der Waals surface area (Å²) in [5, 5.41) is 9.24. The van der Waals surface area contributed by atoms with Gasteiger partial charge in [0.1, 0.15) is 0 Å². The Labute approximate surface area is 87.2 Å². The van der Waals surface area contributed by atoms with Gasteiger partial charge in [0.25, 0.3) is 5.56 Å². The molecule has 3 heteroatoms. The molecule has 0 saturated heterocycles. The van der Waals surface area contributed by atoms with Gasteiger partial charge in [0, 0.05) is 7.05 Å². The van der Waals surface area contributed by atoms with Gasteiger partial charge in [-0.05, 0) is 17.7 Å². The molecule has 0 saturated carbocycles. The van der Waals surface area contributed by atoms with Gasteiger partial charge in [0.15, 0.2) is 5.75 Å². The number of pyridine rings is 1. The second-order valence-corrected chi connectivity index (χ2v) is 3.33. The molecule has 0 radical (unpaired) electrons. The molecule has 2 aromatic rings. The molecule has 1 N–H and O–H groups in total. The van der Waals surface area contributed by atoms with Gasteiger partial charge in [-0.2, -0.15) is 0 Å². The van der Waals surface area contributed by atoms with Crippen LogP contribution in [0.3, 0.4) is 0 Å². The maximum atomic E-state index is 11.5. The number of benzene rings is 1. The molecule has 2 rings (SSSR count). The zero-order valence-electron chi connectivity index (χ0n) is 8.34. The SMILES string of the molecule is Cn1c(-c2ccccc2)ccc(O)c1=O. The summed E-state index contributed by atoms with van der Waals surface area (Å²) in [4.78, 5) is 11.5. The zero-order chi connectivity index (χ0) is 10.8. The topological polar surface area (TPSA) is 42.2 Å². The highest BCUT2D eigenvalue weighted by atomic mass is 16.3. The van der Waals surface area contributed by atoms with E-state index in [-0.39, 0.29) is 11.3 Å². The van der Waals surface area contributed by atoms with Crippen molar-refractivity contribution in [3.8, 4) is 17.0 Å². The fraction of sp³-hybridized carbons (Fsp3) is 0.0833. The molecule has 1 aromatic heterocycles. The first-order valence-corrected chi connectivity index (χ1v) is 4.64. The molecule has 0 spiro atoms. The van der Waals surface area contributed by atoms with Crippen molar-refractivity contribution >= 4 is 0 Å². The number of rotatable bonds is 1. The quantitative estimate of drug-likeness (QED) is 0.763. The maximum absolute atomic E-state index is 11.5. The van der Waals surface area contributed by atoms with Crippen molar-refractivity contribution in [2.24, 2.45) is 7.05 Å². The van der Waals surface area contributed by atoms with E-state index >= 15 is 0 Å². The molecule has 15 heavy (non-hydrogen) atoms. The van der Waals surface area contributed by atoms with Crippen LogP contribution in [0.15, 0.2) is 47.3 Å². The molecule has 3 nitrogen and oxygen atoms in total. The Hall–Kier alpha value is -2.03. The minimum absolute atomic E-state index is 0.225. The van der Waals surface area contributed by atoms with E-state index in [0.717, 1.165) is 11.3 Å². The van der Waals surface area contributed by atoms with E-state index in [0.29, 0.717) is 0 Å². The second kappa shape index (κ2) is 3.61. The first kappa shape index (κ1) is 9.52. The van der Waals surface area contributed by atoms with Crippen LogP contribution in [0.1, 0.15) is 0 Å². The first-order chi connectivity index (χ1) is 7.20. The largest absolute Gasteiger partial charge is 0.503 e. The van der Waals surface area contributed by atoms with E-state index < -0.39 is 0 Å². The summed E-state index contributed by atoms with van der Waals surface area (Å²) in [6.07, 6.45) is 0. The number of aromatic hydroxyl groups is 1. The lowest BCUT2D eigenvalue weighted by Crippen LogP contribution is -2.17. The van der Waals surface area contributed by atoms with Gasteiger partial charge < -0.3 is 9.67 Å². The van der Waals surface area contributed by atoms with Gasteiger partial charge >= 0.3 is 0 Å². The van der Waals surface area contributed by atoms with E-state index in [9.17, 15) is 9.90 Å². The zero-order valence-corrected chi connectivity index (χ0v) is 8.34. The molecule has 0 unspecified atom stereocenters. The Kier molecular flexibility index (Phi) is 2.29. The predicted octanol–water partition coefficient (Wildman–Crippen LogP) is 1.76. The molecule has 0 fully saturated rings. The Bertz CT molecular complexity index is 529. The predicted molar refractivity (Wildman–Crippen MR) is 58.8 cm³/mol. The van der Waals surface area contributed by atoms with Crippen LogP contribution in [0.5, 0.6) is 5.75 Å². The lowest BCUT2D eigenvalue weighted by molar-refractivity contribution is 0.461. The van der Waals surface area contributed by atoms with Crippen LogP contribution in [0.2, 0.25) is 0 Å². The normalized spacial score (nSPS) is 10.2. The summed E-state index contributed by atoms with van der Waals surface area (Å²) in [6.45, 7) is 0. The number of hydrogen-bond acceptors (Lipinski definition) is 2. The smallest absolute Gasteiger partial charge is 0.292 e. The summed E-state index contributed by atoms with van der Waals surface area (Å²) in [7, 11) is 1.64. The summed E-state index contributed by atoms with van der Waals surface area (Å²) in [5.74, 6) is -0.225. The maximum Gasteiger partial charge on any atom is 0.292 e. The Balaban J connectivity index is 2.66. The van der Waals surface area contributed by atoms with Crippen molar-refractivity contribution < 1.29 is 5.11 Å². The molecule has 0 aliphatic carbocycles. The van der Waals surface area contributed by atoms with E-state index in [4.69, 9.17) is 0 Å². The summed E-state index contributed by atoms with van der Waals surface area (Å²) < 4.78 is 1.44. The highest BCUT2D eigenvalue weighted by Crippen LogP contribution is 2.17. The summed E-state index contributed by atoms with van der Waals surface area (Å²) in [6, 6.07) is 12.7. The van der Waals surface area contributed by atoms with Crippen LogP contribution >= 0.6 is 0 Å². The molecule has 0 aliphatic heterocycles. The lowest BCUT2D eigenvalue weighted by atomic mass is 10.1. The van der Waals surface area contributed by atoms with Crippen LogP contribution in [-0.2, 0) is 7.05 Å². The highest BCUT2D eigenvalue weighted by Gasteiger charge is 2.05. The molecule has 1 aromatic carbocycles. The van der Waals surface area contributed by atoms with Gasteiger partial charge in [-0.1, -0.05) is 30.3 Å². The van der Waals surface area contributed by atoms with E-state index in [1.807, 2.05) is 30.3 Å². The van der Waals surface area contributed by atoms with Crippen molar-refractivity contribution in [3.63, 3.8) is 0 Å². The third kappa shape index (κ3) is 1.64. The lowest BCUT2D eigenvalue weighted by Gasteiger charge is -2.07. The van der Waals surface area contributed by atoms with Gasteiger partial charge in [0.05, 0.1) is 5.69 Å². The fourth-order valence-electron chi connectivity index (χ4n) is 1.52. The molecule has 0 atom stereocenters. The molecule has 76 valence electrons. The average molecular weight is 201 g/mol.